The first-order valence-corrected chi connectivity index (χ1v) is 11.5. The molecule has 2 unspecified atom stereocenters. The molecule has 0 amide bonds. The van der Waals surface area contributed by atoms with Crippen molar-refractivity contribution in [3.05, 3.63) is 89.0 Å². The molecule has 1 aliphatic carbocycles. The Morgan fingerprint density at radius 2 is 1.55 bits per heavy atom. The van der Waals surface area contributed by atoms with Crippen molar-refractivity contribution in [3.63, 3.8) is 0 Å². The molecule has 0 radical (unpaired) electrons. The molecular formula is C29H36O2. The summed E-state index contributed by atoms with van der Waals surface area (Å²) in [6.45, 7) is 9.41. The fourth-order valence-electron chi connectivity index (χ4n) is 4.38. The van der Waals surface area contributed by atoms with Crippen LogP contribution in [-0.4, -0.2) is 13.1 Å². The SMILES string of the molecule is COC(=O)c1ccc(CCc2ccc(C3=CCC(C)(C(C)CC(C)C)C=C3)cc2)cc1. The van der Waals surface area contributed by atoms with E-state index in [1.165, 1.54) is 35.8 Å². The van der Waals surface area contributed by atoms with Crippen LogP contribution in [0.3, 0.4) is 0 Å². The molecule has 2 aromatic rings. The predicted octanol–water partition coefficient (Wildman–Crippen LogP) is 7.29. The van der Waals surface area contributed by atoms with E-state index in [1.54, 1.807) is 0 Å². The first kappa shape index (κ1) is 23.1. The number of benzene rings is 2. The summed E-state index contributed by atoms with van der Waals surface area (Å²) < 4.78 is 4.76. The summed E-state index contributed by atoms with van der Waals surface area (Å²) in [5.41, 5.74) is 6.04. The van der Waals surface area contributed by atoms with Gasteiger partial charge in [-0.25, -0.2) is 4.79 Å². The van der Waals surface area contributed by atoms with E-state index in [1.807, 2.05) is 24.3 Å². The fraction of sp³-hybridized carbons (Fsp3) is 0.414. The van der Waals surface area contributed by atoms with Crippen molar-refractivity contribution in [1.82, 2.24) is 0 Å². The van der Waals surface area contributed by atoms with Gasteiger partial charge in [0.05, 0.1) is 12.7 Å². The zero-order valence-corrected chi connectivity index (χ0v) is 19.7. The maximum Gasteiger partial charge on any atom is 0.337 e. The van der Waals surface area contributed by atoms with Crippen molar-refractivity contribution in [2.75, 3.05) is 7.11 Å². The summed E-state index contributed by atoms with van der Waals surface area (Å²) in [6.07, 6.45) is 11.5. The first-order valence-electron chi connectivity index (χ1n) is 11.5. The number of rotatable bonds is 8. The summed E-state index contributed by atoms with van der Waals surface area (Å²) in [5.74, 6) is 1.14. The van der Waals surface area contributed by atoms with E-state index >= 15 is 0 Å². The molecular weight excluding hydrogens is 380 g/mol. The Bertz CT molecular complexity index is 932. The summed E-state index contributed by atoms with van der Waals surface area (Å²) >= 11 is 0. The van der Waals surface area contributed by atoms with E-state index in [2.05, 4.69) is 70.2 Å². The van der Waals surface area contributed by atoms with Crippen molar-refractivity contribution < 1.29 is 9.53 Å². The molecule has 2 nitrogen and oxygen atoms in total. The summed E-state index contributed by atoms with van der Waals surface area (Å²) in [7, 11) is 1.41. The topological polar surface area (TPSA) is 26.3 Å². The number of allylic oxidation sites excluding steroid dienone is 4. The molecule has 0 fully saturated rings. The van der Waals surface area contributed by atoms with Crippen LogP contribution in [0.2, 0.25) is 0 Å². The van der Waals surface area contributed by atoms with Gasteiger partial charge in [-0.2, -0.15) is 0 Å². The van der Waals surface area contributed by atoms with Crippen LogP contribution in [0.1, 0.15) is 67.6 Å². The van der Waals surface area contributed by atoms with E-state index in [0.29, 0.717) is 11.5 Å². The monoisotopic (exact) mass is 416 g/mol. The van der Waals surface area contributed by atoms with Crippen LogP contribution >= 0.6 is 0 Å². The molecule has 2 atom stereocenters. The van der Waals surface area contributed by atoms with Gasteiger partial charge in [-0.1, -0.05) is 82.3 Å². The fourth-order valence-corrected chi connectivity index (χ4v) is 4.38. The van der Waals surface area contributed by atoms with Crippen molar-refractivity contribution in [1.29, 1.82) is 0 Å². The average molecular weight is 417 g/mol. The van der Waals surface area contributed by atoms with Crippen molar-refractivity contribution >= 4 is 11.5 Å². The third kappa shape index (κ3) is 5.97. The van der Waals surface area contributed by atoms with Crippen LogP contribution in [0.5, 0.6) is 0 Å². The number of ether oxygens (including phenoxy) is 1. The van der Waals surface area contributed by atoms with E-state index < -0.39 is 0 Å². The second kappa shape index (κ2) is 10.1. The molecule has 3 rings (SSSR count). The molecule has 0 spiro atoms. The highest BCUT2D eigenvalue weighted by atomic mass is 16.5. The molecule has 0 heterocycles. The molecule has 0 bridgehead atoms. The van der Waals surface area contributed by atoms with Crippen molar-refractivity contribution in [2.45, 2.75) is 53.4 Å². The van der Waals surface area contributed by atoms with Crippen LogP contribution in [-0.2, 0) is 17.6 Å². The lowest BCUT2D eigenvalue weighted by atomic mass is 9.69. The molecule has 0 N–H and O–H groups in total. The highest BCUT2D eigenvalue weighted by Crippen LogP contribution is 2.41. The van der Waals surface area contributed by atoms with E-state index in [-0.39, 0.29) is 11.4 Å². The van der Waals surface area contributed by atoms with Crippen LogP contribution in [0.15, 0.2) is 66.8 Å². The van der Waals surface area contributed by atoms with Gasteiger partial charge in [-0.3, -0.25) is 0 Å². The van der Waals surface area contributed by atoms with Crippen molar-refractivity contribution in [3.8, 4) is 0 Å². The van der Waals surface area contributed by atoms with Gasteiger partial charge in [0.25, 0.3) is 0 Å². The maximum atomic E-state index is 11.5. The minimum atomic E-state index is -0.289. The van der Waals surface area contributed by atoms with E-state index in [0.717, 1.165) is 25.2 Å². The third-order valence-corrected chi connectivity index (χ3v) is 6.72. The summed E-state index contributed by atoms with van der Waals surface area (Å²) in [4.78, 5) is 11.5. The van der Waals surface area contributed by atoms with E-state index in [4.69, 9.17) is 4.74 Å². The van der Waals surface area contributed by atoms with Gasteiger partial charge in [-0.15, -0.1) is 0 Å². The molecule has 164 valence electrons. The molecule has 31 heavy (non-hydrogen) atoms. The maximum absolute atomic E-state index is 11.5. The first-order chi connectivity index (χ1) is 14.8. The van der Waals surface area contributed by atoms with Crippen molar-refractivity contribution in [2.24, 2.45) is 17.3 Å². The molecule has 1 aliphatic rings. The number of esters is 1. The largest absolute Gasteiger partial charge is 0.465 e. The van der Waals surface area contributed by atoms with Gasteiger partial charge in [0, 0.05) is 0 Å². The van der Waals surface area contributed by atoms with Crippen LogP contribution < -0.4 is 0 Å². The number of hydrogen-bond donors (Lipinski definition) is 0. The Labute approximate surface area is 188 Å². The highest BCUT2D eigenvalue weighted by Gasteiger charge is 2.29. The number of aryl methyl sites for hydroxylation is 2. The number of methoxy groups -OCH3 is 1. The Hall–Kier alpha value is -2.61. The van der Waals surface area contributed by atoms with E-state index in [9.17, 15) is 4.79 Å². The lowest BCUT2D eigenvalue weighted by Crippen LogP contribution is -2.25. The number of hydrogen-bond acceptors (Lipinski definition) is 2. The average Bonchev–Trinajstić information content (AvgIpc) is 2.78. The second-order valence-corrected chi connectivity index (χ2v) is 9.62. The molecule has 2 heteroatoms. The Morgan fingerprint density at radius 3 is 2.03 bits per heavy atom. The van der Waals surface area contributed by atoms with Gasteiger partial charge in [-0.05, 0) is 77.3 Å². The zero-order valence-electron chi connectivity index (χ0n) is 19.7. The van der Waals surface area contributed by atoms with Gasteiger partial charge in [0.1, 0.15) is 0 Å². The molecule has 0 saturated carbocycles. The quantitative estimate of drug-likeness (QED) is 0.422. The molecule has 2 aromatic carbocycles. The molecule has 0 aliphatic heterocycles. The second-order valence-electron chi connectivity index (χ2n) is 9.62. The minimum Gasteiger partial charge on any atom is -0.465 e. The van der Waals surface area contributed by atoms with Crippen LogP contribution in [0.25, 0.3) is 5.57 Å². The Morgan fingerprint density at radius 1 is 0.968 bits per heavy atom. The zero-order chi connectivity index (χ0) is 22.4. The summed E-state index contributed by atoms with van der Waals surface area (Å²) in [6, 6.07) is 16.6. The summed E-state index contributed by atoms with van der Waals surface area (Å²) in [5, 5.41) is 0. The minimum absolute atomic E-state index is 0.261. The van der Waals surface area contributed by atoms with Gasteiger partial charge >= 0.3 is 5.97 Å². The standard InChI is InChI=1S/C29H36O2/c1-21(2)20-22(3)29(4)18-16-26(17-19-29)25-12-8-23(9-13-25)6-7-24-10-14-27(15-11-24)28(30)31-5/h8-18,21-22H,6-7,19-20H2,1-5H3. The molecule has 0 aromatic heterocycles. The van der Waals surface area contributed by atoms with Gasteiger partial charge < -0.3 is 4.74 Å². The van der Waals surface area contributed by atoms with Crippen LogP contribution in [0.4, 0.5) is 0 Å². The Balaban J connectivity index is 1.57. The number of carbonyl (C=O) groups is 1. The lowest BCUT2D eigenvalue weighted by molar-refractivity contribution is 0.0600. The number of carbonyl (C=O) groups excluding carboxylic acids is 1. The smallest absolute Gasteiger partial charge is 0.337 e. The molecule has 0 saturated heterocycles. The van der Waals surface area contributed by atoms with Crippen LogP contribution in [0, 0.1) is 17.3 Å². The lowest BCUT2D eigenvalue weighted by Gasteiger charge is -2.35. The Kier molecular flexibility index (Phi) is 7.54. The third-order valence-electron chi connectivity index (χ3n) is 6.72. The highest BCUT2D eigenvalue weighted by molar-refractivity contribution is 5.89. The normalized spacial score (nSPS) is 19.2. The predicted molar refractivity (Wildman–Crippen MR) is 130 cm³/mol. The van der Waals surface area contributed by atoms with Gasteiger partial charge in [0.15, 0.2) is 0 Å². The van der Waals surface area contributed by atoms with Gasteiger partial charge in [0.2, 0.25) is 0 Å².